The third-order valence-electron chi connectivity index (χ3n) is 4.50. The molecule has 3 nitrogen and oxygen atoms in total. The molecule has 0 spiro atoms. The predicted octanol–water partition coefficient (Wildman–Crippen LogP) is 5.27. The van der Waals surface area contributed by atoms with E-state index in [-0.39, 0.29) is 17.6 Å². The summed E-state index contributed by atoms with van der Waals surface area (Å²) in [4.78, 5) is 15.2. The molecule has 2 N–H and O–H groups in total. The lowest BCUT2D eigenvalue weighted by Gasteiger charge is -2.13. The lowest BCUT2D eigenvalue weighted by atomic mass is 10.0. The van der Waals surface area contributed by atoms with Gasteiger partial charge in [-0.25, -0.2) is 4.39 Å². The molecule has 1 aromatic heterocycles. The number of aromatic nitrogens is 1. The van der Waals surface area contributed by atoms with Gasteiger partial charge in [-0.05, 0) is 54.8 Å². The van der Waals surface area contributed by atoms with Gasteiger partial charge in [-0.1, -0.05) is 19.9 Å². The van der Waals surface area contributed by atoms with Crippen molar-refractivity contribution in [2.24, 2.45) is 5.92 Å². The van der Waals surface area contributed by atoms with Crippen LogP contribution in [0.25, 0.3) is 22.0 Å². The van der Waals surface area contributed by atoms with Crippen molar-refractivity contribution in [1.82, 2.24) is 4.98 Å². The standard InChI is InChI=1S/C20H21FN2O/c1-4-12(2)20(24)23-18-8-5-14(9-13(18)3)17-11-22-19-10-15(21)6-7-16(17)19/h5-12,22H,4H2,1-3H3,(H,23,24). The summed E-state index contributed by atoms with van der Waals surface area (Å²) < 4.78 is 13.3. The third kappa shape index (κ3) is 3.04. The third-order valence-corrected chi connectivity index (χ3v) is 4.50. The minimum atomic E-state index is -0.254. The van der Waals surface area contributed by atoms with Crippen LogP contribution in [0.2, 0.25) is 0 Å². The van der Waals surface area contributed by atoms with Crippen LogP contribution in [0.3, 0.4) is 0 Å². The zero-order valence-corrected chi connectivity index (χ0v) is 14.1. The molecule has 0 aliphatic heterocycles. The van der Waals surface area contributed by atoms with Crippen molar-refractivity contribution in [2.75, 3.05) is 5.32 Å². The summed E-state index contributed by atoms with van der Waals surface area (Å²) in [5.41, 5.74) is 4.66. The Morgan fingerprint density at radius 2 is 2.04 bits per heavy atom. The molecule has 2 aromatic carbocycles. The molecule has 0 saturated carbocycles. The van der Waals surface area contributed by atoms with E-state index < -0.39 is 0 Å². The highest BCUT2D eigenvalue weighted by molar-refractivity contribution is 5.97. The van der Waals surface area contributed by atoms with Crippen LogP contribution < -0.4 is 5.32 Å². The summed E-state index contributed by atoms with van der Waals surface area (Å²) >= 11 is 0. The lowest BCUT2D eigenvalue weighted by molar-refractivity contribution is -0.119. The van der Waals surface area contributed by atoms with Crippen LogP contribution in [-0.2, 0) is 4.79 Å². The number of benzene rings is 2. The SMILES string of the molecule is CCC(C)C(=O)Nc1ccc(-c2c[nH]c3cc(F)ccc23)cc1C. The summed E-state index contributed by atoms with van der Waals surface area (Å²) in [6.07, 6.45) is 2.70. The summed E-state index contributed by atoms with van der Waals surface area (Å²) in [6.45, 7) is 5.90. The highest BCUT2D eigenvalue weighted by atomic mass is 19.1. The zero-order chi connectivity index (χ0) is 17.3. The number of carbonyl (C=O) groups is 1. The van der Waals surface area contributed by atoms with Crippen LogP contribution in [-0.4, -0.2) is 10.9 Å². The van der Waals surface area contributed by atoms with Crippen molar-refractivity contribution in [3.63, 3.8) is 0 Å². The number of aryl methyl sites for hydroxylation is 1. The first-order valence-electron chi connectivity index (χ1n) is 8.18. The second kappa shape index (κ2) is 6.48. The van der Waals surface area contributed by atoms with Crippen molar-refractivity contribution in [3.8, 4) is 11.1 Å². The Morgan fingerprint density at radius 1 is 1.25 bits per heavy atom. The smallest absolute Gasteiger partial charge is 0.227 e. The van der Waals surface area contributed by atoms with Gasteiger partial charge in [0, 0.05) is 34.3 Å². The number of rotatable bonds is 4. The molecule has 3 rings (SSSR count). The maximum Gasteiger partial charge on any atom is 0.227 e. The molecule has 1 atom stereocenters. The number of hydrogen-bond acceptors (Lipinski definition) is 1. The van der Waals surface area contributed by atoms with Crippen LogP contribution in [0.5, 0.6) is 0 Å². The van der Waals surface area contributed by atoms with Gasteiger partial charge in [0.2, 0.25) is 5.91 Å². The monoisotopic (exact) mass is 324 g/mol. The minimum absolute atomic E-state index is 0.00686. The lowest BCUT2D eigenvalue weighted by Crippen LogP contribution is -2.20. The van der Waals surface area contributed by atoms with Gasteiger partial charge in [-0.3, -0.25) is 4.79 Å². The van der Waals surface area contributed by atoms with Gasteiger partial charge < -0.3 is 10.3 Å². The van der Waals surface area contributed by atoms with Crippen molar-refractivity contribution in [3.05, 3.63) is 54.0 Å². The van der Waals surface area contributed by atoms with E-state index in [4.69, 9.17) is 0 Å². The molecule has 3 aromatic rings. The topological polar surface area (TPSA) is 44.9 Å². The average Bonchev–Trinajstić information content (AvgIpc) is 2.98. The molecule has 0 aliphatic carbocycles. The fourth-order valence-corrected chi connectivity index (χ4v) is 2.75. The number of amides is 1. The van der Waals surface area contributed by atoms with E-state index in [1.54, 1.807) is 6.07 Å². The Morgan fingerprint density at radius 3 is 2.75 bits per heavy atom. The van der Waals surface area contributed by atoms with Crippen molar-refractivity contribution in [1.29, 1.82) is 0 Å². The molecular formula is C20H21FN2O. The quantitative estimate of drug-likeness (QED) is 0.675. The van der Waals surface area contributed by atoms with Gasteiger partial charge in [-0.15, -0.1) is 0 Å². The normalized spacial score (nSPS) is 12.3. The fourth-order valence-electron chi connectivity index (χ4n) is 2.75. The van der Waals surface area contributed by atoms with E-state index in [1.165, 1.54) is 12.1 Å². The van der Waals surface area contributed by atoms with Crippen molar-refractivity contribution in [2.45, 2.75) is 27.2 Å². The summed E-state index contributed by atoms with van der Waals surface area (Å²) in [6, 6.07) is 10.7. The number of hydrogen-bond donors (Lipinski definition) is 2. The van der Waals surface area contributed by atoms with Crippen LogP contribution in [0.4, 0.5) is 10.1 Å². The largest absolute Gasteiger partial charge is 0.360 e. The summed E-state index contributed by atoms with van der Waals surface area (Å²) in [7, 11) is 0. The number of aromatic amines is 1. The van der Waals surface area contributed by atoms with Crippen molar-refractivity contribution >= 4 is 22.5 Å². The zero-order valence-electron chi connectivity index (χ0n) is 14.1. The Bertz CT molecular complexity index is 898. The van der Waals surface area contributed by atoms with Gasteiger partial charge in [-0.2, -0.15) is 0 Å². The number of nitrogens with one attached hydrogen (secondary N) is 2. The molecule has 0 fully saturated rings. The molecule has 4 heteroatoms. The molecule has 0 radical (unpaired) electrons. The molecule has 1 amide bonds. The molecule has 1 unspecified atom stereocenters. The molecule has 0 saturated heterocycles. The second-order valence-electron chi connectivity index (χ2n) is 6.22. The minimum Gasteiger partial charge on any atom is -0.360 e. The number of halogens is 1. The number of carbonyl (C=O) groups excluding carboxylic acids is 1. The van der Waals surface area contributed by atoms with E-state index in [1.807, 2.05) is 45.2 Å². The van der Waals surface area contributed by atoms with Crippen molar-refractivity contribution < 1.29 is 9.18 Å². The average molecular weight is 324 g/mol. The Kier molecular flexibility index (Phi) is 4.38. The maximum absolute atomic E-state index is 13.3. The highest BCUT2D eigenvalue weighted by Crippen LogP contribution is 2.31. The predicted molar refractivity (Wildman–Crippen MR) is 96.5 cm³/mol. The maximum atomic E-state index is 13.3. The number of fused-ring (bicyclic) bond motifs is 1. The van der Waals surface area contributed by atoms with Crippen LogP contribution in [0.1, 0.15) is 25.8 Å². The first-order valence-corrected chi connectivity index (χ1v) is 8.18. The number of H-pyrrole nitrogens is 1. The number of anilines is 1. The summed E-state index contributed by atoms with van der Waals surface area (Å²) in [5, 5.41) is 3.96. The van der Waals surface area contributed by atoms with Crippen LogP contribution >= 0.6 is 0 Å². The Balaban J connectivity index is 1.93. The Hall–Kier alpha value is -2.62. The molecule has 0 aliphatic rings. The molecular weight excluding hydrogens is 303 g/mol. The van der Waals surface area contributed by atoms with E-state index >= 15 is 0 Å². The molecule has 0 bridgehead atoms. The van der Waals surface area contributed by atoms with Gasteiger partial charge >= 0.3 is 0 Å². The van der Waals surface area contributed by atoms with Gasteiger partial charge in [0.25, 0.3) is 0 Å². The van der Waals surface area contributed by atoms with E-state index in [9.17, 15) is 9.18 Å². The summed E-state index contributed by atoms with van der Waals surface area (Å²) in [5.74, 6) is -0.223. The molecule has 1 heterocycles. The fraction of sp³-hybridized carbons (Fsp3) is 0.250. The van der Waals surface area contributed by atoms with Gasteiger partial charge in [0.15, 0.2) is 0 Å². The molecule has 124 valence electrons. The van der Waals surface area contributed by atoms with E-state index in [0.29, 0.717) is 0 Å². The highest BCUT2D eigenvalue weighted by Gasteiger charge is 2.13. The molecule has 24 heavy (non-hydrogen) atoms. The van der Waals surface area contributed by atoms with E-state index in [2.05, 4.69) is 10.3 Å². The first kappa shape index (κ1) is 16.2. The van der Waals surface area contributed by atoms with Crippen LogP contribution in [0, 0.1) is 18.7 Å². The van der Waals surface area contributed by atoms with Gasteiger partial charge in [0.1, 0.15) is 5.82 Å². The second-order valence-corrected chi connectivity index (χ2v) is 6.22. The Labute approximate surface area is 140 Å². The van der Waals surface area contributed by atoms with Gasteiger partial charge in [0.05, 0.1) is 0 Å². The van der Waals surface area contributed by atoms with E-state index in [0.717, 1.165) is 39.7 Å². The van der Waals surface area contributed by atoms with Crippen LogP contribution in [0.15, 0.2) is 42.6 Å². The first-order chi connectivity index (χ1) is 11.5.